The summed E-state index contributed by atoms with van der Waals surface area (Å²) < 4.78 is 42.7. The second kappa shape index (κ2) is 5.96. The second-order valence-electron chi connectivity index (χ2n) is 4.29. The molecule has 0 aromatic heterocycles. The molecule has 1 N–H and O–H groups in total. The third-order valence-corrected chi connectivity index (χ3v) is 2.73. The Morgan fingerprint density at radius 2 is 1.70 bits per heavy atom. The third-order valence-electron chi connectivity index (χ3n) is 2.73. The van der Waals surface area contributed by atoms with Crippen LogP contribution < -0.4 is 4.74 Å². The molecule has 0 saturated carbocycles. The lowest BCUT2D eigenvalue weighted by Gasteiger charge is -2.15. The maximum Gasteiger partial charge on any atom is 0.418 e. The summed E-state index contributed by atoms with van der Waals surface area (Å²) in [5, 5.41) is 9.19. The average Bonchev–Trinajstić information content (AvgIpc) is 2.45. The molecular weight excluding hydrogens is 269 g/mol. The predicted molar refractivity (Wildman–Crippen MR) is 68.2 cm³/mol. The molecular formula is C15H13F3O2. The van der Waals surface area contributed by atoms with Crippen LogP contribution in [0.25, 0.3) is 0 Å². The molecule has 0 saturated heterocycles. The fourth-order valence-electron chi connectivity index (χ4n) is 1.70. The number of benzene rings is 2. The maximum atomic E-state index is 12.4. The Kier molecular flexibility index (Phi) is 4.29. The van der Waals surface area contributed by atoms with Crippen molar-refractivity contribution >= 4 is 0 Å². The molecule has 5 heteroatoms. The van der Waals surface area contributed by atoms with E-state index in [0.29, 0.717) is 0 Å². The first-order chi connectivity index (χ1) is 9.47. The lowest BCUT2D eigenvalue weighted by molar-refractivity contribution is -0.206. The van der Waals surface area contributed by atoms with Gasteiger partial charge in [-0.15, -0.1) is 0 Å². The molecule has 0 aliphatic heterocycles. The number of alkyl halides is 3. The van der Waals surface area contributed by atoms with Gasteiger partial charge in [-0.05, 0) is 23.3 Å². The van der Waals surface area contributed by atoms with Gasteiger partial charge in [0, 0.05) is 0 Å². The van der Waals surface area contributed by atoms with E-state index in [1.54, 1.807) is 6.07 Å². The Morgan fingerprint density at radius 1 is 1.00 bits per heavy atom. The minimum Gasteiger partial charge on any atom is -0.489 e. The Bertz CT molecular complexity index is 553. The number of aliphatic hydroxyl groups is 1. The summed E-state index contributed by atoms with van der Waals surface area (Å²) >= 11 is 0. The summed E-state index contributed by atoms with van der Waals surface area (Å²) in [7, 11) is 0. The number of hydrogen-bond donors (Lipinski definition) is 1. The van der Waals surface area contributed by atoms with Crippen LogP contribution in [0.1, 0.15) is 17.2 Å². The smallest absolute Gasteiger partial charge is 0.418 e. The first-order valence-electron chi connectivity index (χ1n) is 5.98. The molecule has 2 nitrogen and oxygen atoms in total. The molecule has 1 unspecified atom stereocenters. The van der Waals surface area contributed by atoms with Gasteiger partial charge in [-0.25, -0.2) is 0 Å². The Labute approximate surface area is 114 Å². The van der Waals surface area contributed by atoms with E-state index in [9.17, 15) is 18.3 Å². The molecule has 106 valence electrons. The zero-order valence-corrected chi connectivity index (χ0v) is 10.5. The Hall–Kier alpha value is -2.01. The van der Waals surface area contributed by atoms with Gasteiger partial charge in [0.05, 0.1) is 0 Å². The van der Waals surface area contributed by atoms with Crippen LogP contribution in [0, 0.1) is 0 Å². The van der Waals surface area contributed by atoms with Gasteiger partial charge < -0.3 is 9.84 Å². The SMILES string of the molecule is OC(c1cccc(OCc2ccccc2)c1)C(F)(F)F. The zero-order valence-electron chi connectivity index (χ0n) is 10.5. The first-order valence-corrected chi connectivity index (χ1v) is 5.98. The van der Waals surface area contributed by atoms with Crippen molar-refractivity contribution < 1.29 is 23.0 Å². The molecule has 2 rings (SSSR count). The van der Waals surface area contributed by atoms with E-state index in [0.717, 1.165) is 5.56 Å². The van der Waals surface area contributed by atoms with E-state index in [4.69, 9.17) is 4.74 Å². The van der Waals surface area contributed by atoms with Crippen LogP contribution in [0.3, 0.4) is 0 Å². The van der Waals surface area contributed by atoms with Crippen molar-refractivity contribution in [1.29, 1.82) is 0 Å². The Balaban J connectivity index is 2.07. The highest BCUT2D eigenvalue weighted by molar-refractivity contribution is 5.30. The summed E-state index contributed by atoms with van der Waals surface area (Å²) in [5.41, 5.74) is 0.678. The third kappa shape index (κ3) is 3.74. The summed E-state index contributed by atoms with van der Waals surface area (Å²) in [5.74, 6) is 0.287. The molecule has 0 amide bonds. The fourth-order valence-corrected chi connectivity index (χ4v) is 1.70. The highest BCUT2D eigenvalue weighted by Crippen LogP contribution is 2.33. The number of ether oxygens (including phenoxy) is 1. The topological polar surface area (TPSA) is 29.5 Å². The minimum atomic E-state index is -4.68. The van der Waals surface area contributed by atoms with Crippen LogP contribution in [0.4, 0.5) is 13.2 Å². The van der Waals surface area contributed by atoms with E-state index in [-0.39, 0.29) is 17.9 Å². The van der Waals surface area contributed by atoms with Gasteiger partial charge in [0.2, 0.25) is 0 Å². The lowest BCUT2D eigenvalue weighted by atomic mass is 10.1. The molecule has 2 aromatic carbocycles. The minimum absolute atomic E-state index is 0.233. The highest BCUT2D eigenvalue weighted by atomic mass is 19.4. The van der Waals surface area contributed by atoms with Crippen molar-refractivity contribution in [2.75, 3.05) is 0 Å². The zero-order chi connectivity index (χ0) is 14.6. The van der Waals surface area contributed by atoms with Crippen molar-refractivity contribution in [3.63, 3.8) is 0 Å². The van der Waals surface area contributed by atoms with Crippen LogP contribution in [-0.2, 0) is 6.61 Å². The second-order valence-corrected chi connectivity index (χ2v) is 4.29. The van der Waals surface area contributed by atoms with E-state index >= 15 is 0 Å². The molecule has 0 aliphatic rings. The lowest BCUT2D eigenvalue weighted by Crippen LogP contribution is -2.20. The molecule has 20 heavy (non-hydrogen) atoms. The number of halogens is 3. The van der Waals surface area contributed by atoms with E-state index < -0.39 is 12.3 Å². The Morgan fingerprint density at radius 3 is 2.35 bits per heavy atom. The van der Waals surface area contributed by atoms with Crippen LogP contribution in [-0.4, -0.2) is 11.3 Å². The van der Waals surface area contributed by atoms with Crippen LogP contribution in [0.15, 0.2) is 54.6 Å². The summed E-state index contributed by atoms with van der Waals surface area (Å²) in [6, 6.07) is 14.7. The highest BCUT2D eigenvalue weighted by Gasteiger charge is 2.39. The van der Waals surface area contributed by atoms with Gasteiger partial charge in [0.15, 0.2) is 6.10 Å². The van der Waals surface area contributed by atoms with E-state index in [1.165, 1.54) is 18.2 Å². The van der Waals surface area contributed by atoms with Crippen LogP contribution >= 0.6 is 0 Å². The molecule has 2 aromatic rings. The van der Waals surface area contributed by atoms with Gasteiger partial charge in [-0.1, -0.05) is 42.5 Å². The summed E-state index contributed by atoms with van der Waals surface area (Å²) in [4.78, 5) is 0. The van der Waals surface area contributed by atoms with E-state index in [1.807, 2.05) is 30.3 Å². The standard InChI is InChI=1S/C15H13F3O2/c16-15(17,18)14(19)12-7-4-8-13(9-12)20-10-11-5-2-1-3-6-11/h1-9,14,19H,10H2. The molecule has 0 heterocycles. The van der Waals surface area contributed by atoms with Crippen molar-refractivity contribution in [2.45, 2.75) is 18.9 Å². The molecule has 0 aliphatic carbocycles. The van der Waals surface area contributed by atoms with Gasteiger partial charge in [-0.3, -0.25) is 0 Å². The molecule has 0 bridgehead atoms. The van der Waals surface area contributed by atoms with Crippen molar-refractivity contribution in [3.8, 4) is 5.75 Å². The quantitative estimate of drug-likeness (QED) is 0.922. The van der Waals surface area contributed by atoms with Crippen molar-refractivity contribution in [2.24, 2.45) is 0 Å². The normalized spacial score (nSPS) is 13.0. The van der Waals surface area contributed by atoms with Crippen molar-refractivity contribution in [3.05, 3.63) is 65.7 Å². The largest absolute Gasteiger partial charge is 0.489 e. The fraction of sp³-hybridized carbons (Fsp3) is 0.200. The summed E-state index contributed by atoms with van der Waals surface area (Å²) in [6.07, 6.45) is -7.18. The molecule has 0 fully saturated rings. The van der Waals surface area contributed by atoms with Gasteiger partial charge in [0.25, 0.3) is 0 Å². The maximum absolute atomic E-state index is 12.4. The first kappa shape index (κ1) is 14.4. The summed E-state index contributed by atoms with van der Waals surface area (Å²) in [6.45, 7) is 0.256. The monoisotopic (exact) mass is 282 g/mol. The number of aliphatic hydroxyl groups excluding tert-OH is 1. The van der Waals surface area contributed by atoms with Gasteiger partial charge in [-0.2, -0.15) is 13.2 Å². The molecule has 1 atom stereocenters. The molecule has 0 radical (unpaired) electrons. The van der Waals surface area contributed by atoms with Gasteiger partial charge in [0.1, 0.15) is 12.4 Å². The number of hydrogen-bond acceptors (Lipinski definition) is 2. The predicted octanol–water partition coefficient (Wildman–Crippen LogP) is 3.86. The van der Waals surface area contributed by atoms with Crippen LogP contribution in [0.5, 0.6) is 5.75 Å². The van der Waals surface area contributed by atoms with Gasteiger partial charge >= 0.3 is 6.18 Å². The average molecular weight is 282 g/mol. The van der Waals surface area contributed by atoms with Crippen molar-refractivity contribution in [1.82, 2.24) is 0 Å². The van der Waals surface area contributed by atoms with E-state index in [2.05, 4.69) is 0 Å². The number of rotatable bonds is 4. The molecule has 0 spiro atoms. The van der Waals surface area contributed by atoms with Crippen LogP contribution in [0.2, 0.25) is 0 Å².